The first-order chi connectivity index (χ1) is 6.19. The average Bonchev–Trinajstić information content (AvgIpc) is 2.16. The average molecular weight is 180 g/mol. The summed E-state index contributed by atoms with van der Waals surface area (Å²) in [5.41, 5.74) is 8.03. The van der Waals surface area contributed by atoms with Crippen molar-refractivity contribution < 1.29 is 9.66 Å². The molecule has 0 saturated heterocycles. The van der Waals surface area contributed by atoms with Crippen LogP contribution in [0.25, 0.3) is 5.53 Å². The van der Waals surface area contributed by atoms with E-state index in [1.165, 1.54) is 25.3 Å². The zero-order valence-corrected chi connectivity index (χ0v) is 6.80. The molecule has 0 radical (unpaired) electrons. The second kappa shape index (κ2) is 3.61. The Hall–Kier alpha value is -1.98. The van der Waals surface area contributed by atoms with Crippen LogP contribution in [0.5, 0.6) is 5.75 Å². The molecule has 6 heteroatoms. The van der Waals surface area contributed by atoms with Crippen LogP contribution in [0.3, 0.4) is 0 Å². The van der Waals surface area contributed by atoms with E-state index < -0.39 is 4.92 Å². The molecule has 0 N–H and O–H groups in total. The van der Waals surface area contributed by atoms with Crippen LogP contribution in [-0.2, 0) is 0 Å². The van der Waals surface area contributed by atoms with Crippen LogP contribution in [0.15, 0.2) is 23.3 Å². The summed E-state index contributed by atoms with van der Waals surface area (Å²) >= 11 is 0. The lowest BCUT2D eigenvalue weighted by molar-refractivity contribution is -0.384. The highest BCUT2D eigenvalue weighted by Gasteiger charge is 2.12. The summed E-state index contributed by atoms with van der Waals surface area (Å²) < 4.78 is 4.78. The maximum atomic E-state index is 10.4. The largest absolute Gasteiger partial charge is 0.706 e. The Morgan fingerprint density at radius 1 is 1.62 bits per heavy atom. The van der Waals surface area contributed by atoms with E-state index in [0.717, 1.165) is 0 Å². The van der Waals surface area contributed by atoms with Gasteiger partial charge in [-0.05, 0) is 12.1 Å². The monoisotopic (exact) mass is 180 g/mol. The zero-order chi connectivity index (χ0) is 9.84. The Kier molecular flexibility index (Phi) is 2.53. The van der Waals surface area contributed by atoms with E-state index in [9.17, 15) is 10.1 Å². The van der Waals surface area contributed by atoms with Crippen molar-refractivity contribution in [3.05, 3.63) is 33.8 Å². The van der Waals surface area contributed by atoms with Gasteiger partial charge < -0.3 is 15.4 Å². The van der Waals surface area contributed by atoms with Gasteiger partial charge in [0.25, 0.3) is 5.69 Å². The molecule has 0 fully saturated rings. The van der Waals surface area contributed by atoms with Crippen molar-refractivity contribution in [2.75, 3.05) is 7.11 Å². The fourth-order valence-electron chi connectivity index (χ4n) is 0.861. The first kappa shape index (κ1) is 9.11. The highest BCUT2D eigenvalue weighted by molar-refractivity contribution is 5.59. The molecular weight excluding hydrogens is 174 g/mol. The quantitative estimate of drug-likeness (QED) is 0.406. The van der Waals surface area contributed by atoms with Gasteiger partial charge in [-0.2, -0.15) is 0 Å². The first-order valence-electron chi connectivity index (χ1n) is 3.36. The molecule has 68 valence electrons. The van der Waals surface area contributed by atoms with Crippen LogP contribution in [0.2, 0.25) is 0 Å². The van der Waals surface area contributed by atoms with Gasteiger partial charge in [0.05, 0.1) is 18.1 Å². The van der Waals surface area contributed by atoms with E-state index in [1.807, 2.05) is 0 Å². The molecule has 0 amide bonds. The minimum Gasteiger partial charge on any atom is -0.706 e. The Morgan fingerprint density at radius 3 is 2.77 bits per heavy atom. The van der Waals surface area contributed by atoms with Crippen LogP contribution >= 0.6 is 0 Å². The molecule has 0 aliphatic rings. The maximum absolute atomic E-state index is 10.4. The fraction of sp³-hybridized carbons (Fsp3) is 0.143. The van der Waals surface area contributed by atoms with Crippen molar-refractivity contribution in [2.45, 2.75) is 0 Å². The smallest absolute Gasteiger partial charge is 0.296 e. The summed E-state index contributed by atoms with van der Waals surface area (Å²) in [7, 11) is 1.40. The van der Waals surface area contributed by atoms with Gasteiger partial charge in [0.15, 0.2) is 0 Å². The van der Waals surface area contributed by atoms with Gasteiger partial charge in [-0.15, -0.1) is 0 Å². The number of hydrogen-bond acceptors (Lipinski definition) is 4. The van der Waals surface area contributed by atoms with Crippen LogP contribution in [0.4, 0.5) is 11.4 Å². The molecule has 0 aliphatic heterocycles. The van der Waals surface area contributed by atoms with Crippen molar-refractivity contribution in [1.29, 1.82) is 0 Å². The van der Waals surface area contributed by atoms with Gasteiger partial charge >= 0.3 is 0 Å². The third-order valence-electron chi connectivity index (χ3n) is 1.49. The van der Waals surface area contributed by atoms with Gasteiger partial charge in [-0.3, -0.25) is 10.1 Å². The minimum absolute atomic E-state index is 0.0919. The minimum atomic E-state index is -0.641. The molecule has 0 heterocycles. The number of rotatable bonds is 3. The summed E-state index contributed by atoms with van der Waals surface area (Å²) in [6, 6.07) is 3.97. The van der Waals surface area contributed by atoms with Gasteiger partial charge in [-0.1, -0.05) is 0 Å². The molecule has 1 rings (SSSR count). The van der Waals surface area contributed by atoms with E-state index >= 15 is 0 Å². The number of nitrogens with zero attached hydrogens (tertiary/aromatic N) is 3. The van der Waals surface area contributed by atoms with Gasteiger partial charge in [0, 0.05) is 0 Å². The maximum Gasteiger partial charge on any atom is 0.296 e. The highest BCUT2D eigenvalue weighted by atomic mass is 16.6. The predicted octanol–water partition coefficient (Wildman–Crippen LogP) is 2.26. The summed E-state index contributed by atoms with van der Waals surface area (Å²) in [4.78, 5) is 9.79. The number of nitro groups is 1. The Bertz CT molecular complexity index is 351. The van der Waals surface area contributed by atoms with Gasteiger partial charge in [0.2, 0.25) is 0 Å². The van der Waals surface area contributed by atoms with E-state index in [0.29, 0.717) is 5.75 Å². The summed E-state index contributed by atoms with van der Waals surface area (Å²) in [6.07, 6.45) is 0. The molecule has 0 atom stereocenters. The van der Waals surface area contributed by atoms with Crippen molar-refractivity contribution >= 4 is 11.4 Å². The van der Waals surface area contributed by atoms with Crippen molar-refractivity contribution in [2.24, 2.45) is 5.11 Å². The molecule has 1 aromatic rings. The highest BCUT2D eigenvalue weighted by Crippen LogP contribution is 2.30. The van der Waals surface area contributed by atoms with Crippen molar-refractivity contribution in [3.63, 3.8) is 0 Å². The molecule has 0 unspecified atom stereocenters. The number of hydrogen-bond donors (Lipinski definition) is 0. The SMILES string of the molecule is COc1ccc(N=[N-])c([N+](=O)[O-])c1. The van der Waals surface area contributed by atoms with Gasteiger partial charge in [0.1, 0.15) is 11.4 Å². The Morgan fingerprint density at radius 2 is 2.31 bits per heavy atom. The second-order valence-corrected chi connectivity index (χ2v) is 2.21. The molecule has 13 heavy (non-hydrogen) atoms. The lowest BCUT2D eigenvalue weighted by Crippen LogP contribution is -1.90. The van der Waals surface area contributed by atoms with E-state index in [-0.39, 0.29) is 11.4 Å². The molecule has 0 aliphatic carbocycles. The number of methoxy groups -OCH3 is 1. The molecular formula is C7H6N3O3-. The number of benzene rings is 1. The second-order valence-electron chi connectivity index (χ2n) is 2.21. The molecule has 6 nitrogen and oxygen atoms in total. The summed E-state index contributed by atoms with van der Waals surface area (Å²) in [6.45, 7) is 0. The standard InChI is InChI=1S/C7H6N3O3/c1-13-5-2-3-6(9-8)7(4-5)10(11)12/h2-4H,1H3/q-1. The molecule has 0 saturated carbocycles. The molecule has 0 aromatic heterocycles. The van der Waals surface area contributed by atoms with Crippen LogP contribution in [-0.4, -0.2) is 12.0 Å². The molecule has 0 spiro atoms. The Balaban J connectivity index is 3.25. The lowest BCUT2D eigenvalue weighted by Gasteiger charge is -2.02. The van der Waals surface area contributed by atoms with Crippen molar-refractivity contribution in [1.82, 2.24) is 0 Å². The zero-order valence-electron chi connectivity index (χ0n) is 6.80. The normalized spacial score (nSPS) is 9.31. The van der Waals surface area contributed by atoms with E-state index in [1.54, 1.807) is 0 Å². The fourth-order valence-corrected chi connectivity index (χ4v) is 0.861. The van der Waals surface area contributed by atoms with Crippen molar-refractivity contribution in [3.8, 4) is 5.75 Å². The van der Waals surface area contributed by atoms with Crippen LogP contribution in [0.1, 0.15) is 0 Å². The number of nitro benzene ring substituents is 1. The lowest BCUT2D eigenvalue weighted by atomic mass is 10.2. The topological polar surface area (TPSA) is 87.0 Å². The summed E-state index contributed by atoms with van der Waals surface area (Å²) in [5, 5.41) is 13.2. The van der Waals surface area contributed by atoms with Crippen LogP contribution in [0, 0.1) is 10.1 Å². The van der Waals surface area contributed by atoms with E-state index in [2.05, 4.69) is 5.11 Å². The number of ether oxygens (including phenoxy) is 1. The predicted molar refractivity (Wildman–Crippen MR) is 45.1 cm³/mol. The van der Waals surface area contributed by atoms with E-state index in [4.69, 9.17) is 10.3 Å². The third kappa shape index (κ3) is 1.78. The molecule has 0 bridgehead atoms. The van der Waals surface area contributed by atoms with Crippen LogP contribution < -0.4 is 4.74 Å². The molecule has 1 aromatic carbocycles. The Labute approximate surface area is 73.8 Å². The van der Waals surface area contributed by atoms with Gasteiger partial charge in [-0.25, -0.2) is 0 Å². The summed E-state index contributed by atoms with van der Waals surface area (Å²) in [5.74, 6) is 0.346. The first-order valence-corrected chi connectivity index (χ1v) is 3.36. The third-order valence-corrected chi connectivity index (χ3v) is 1.49.